The van der Waals surface area contributed by atoms with Gasteiger partial charge in [-0.15, -0.1) is 0 Å². The number of benzene rings is 2. The molecule has 0 N–H and O–H groups in total. The predicted octanol–water partition coefficient (Wildman–Crippen LogP) is 3.33. The normalized spacial score (nSPS) is 11.4. The van der Waals surface area contributed by atoms with Gasteiger partial charge in [0.05, 0.1) is 26.2 Å². The van der Waals surface area contributed by atoms with E-state index >= 15 is 0 Å². The average Bonchev–Trinajstić information content (AvgIpc) is 2.82. The zero-order chi connectivity index (χ0) is 24.6. The molecule has 0 unspecified atom stereocenters. The summed E-state index contributed by atoms with van der Waals surface area (Å²) in [5.74, 6) is 1.55. The Labute approximate surface area is 197 Å². The zero-order valence-corrected chi connectivity index (χ0v) is 21.1. The van der Waals surface area contributed by atoms with Crippen LogP contribution >= 0.6 is 0 Å². The molecule has 2 aromatic carbocycles. The minimum Gasteiger partial charge on any atom is -0.493 e. The van der Waals surface area contributed by atoms with E-state index in [1.165, 1.54) is 4.31 Å². The number of aryl methyl sites for hydroxylation is 1. The lowest BCUT2D eigenvalue weighted by molar-refractivity contribution is -0.130. The monoisotopic (exact) mass is 478 g/mol. The van der Waals surface area contributed by atoms with Crippen LogP contribution < -0.4 is 14.2 Å². The van der Waals surface area contributed by atoms with Crippen molar-refractivity contribution >= 4 is 15.9 Å². The highest BCUT2D eigenvalue weighted by Crippen LogP contribution is 2.38. The molecule has 0 aromatic heterocycles. The van der Waals surface area contributed by atoms with Gasteiger partial charge in [-0.05, 0) is 41.8 Å². The molecule has 2 aromatic rings. The molecule has 0 saturated carbocycles. The Balaban J connectivity index is 2.02. The SMILES string of the molecule is CCN(CC)S(=O)(=O)c1ccc(CCC(=O)N(C)Cc2cc(OC)c(OC)c(OC)c2)cc1. The Kier molecular flexibility index (Phi) is 9.55. The van der Waals surface area contributed by atoms with Crippen LogP contribution in [-0.2, 0) is 27.8 Å². The maximum Gasteiger partial charge on any atom is 0.243 e. The Hall–Kier alpha value is -2.78. The molecule has 2 rings (SSSR count). The van der Waals surface area contributed by atoms with E-state index in [9.17, 15) is 13.2 Å². The fraction of sp³-hybridized carbons (Fsp3) is 0.458. The van der Waals surface area contributed by atoms with Gasteiger partial charge in [-0.2, -0.15) is 4.31 Å². The van der Waals surface area contributed by atoms with Crippen molar-refractivity contribution in [3.63, 3.8) is 0 Å². The summed E-state index contributed by atoms with van der Waals surface area (Å²) in [6.45, 7) is 4.86. The van der Waals surface area contributed by atoms with Crippen LogP contribution in [0, 0.1) is 0 Å². The number of carbonyl (C=O) groups excluding carboxylic acids is 1. The maximum absolute atomic E-state index is 12.7. The lowest BCUT2D eigenvalue weighted by Gasteiger charge is -2.20. The minimum absolute atomic E-state index is 0.0245. The largest absolute Gasteiger partial charge is 0.493 e. The average molecular weight is 479 g/mol. The smallest absolute Gasteiger partial charge is 0.243 e. The van der Waals surface area contributed by atoms with Crippen LogP contribution in [0.2, 0.25) is 0 Å². The number of amides is 1. The Morgan fingerprint density at radius 1 is 0.879 bits per heavy atom. The Morgan fingerprint density at radius 2 is 1.42 bits per heavy atom. The fourth-order valence-electron chi connectivity index (χ4n) is 3.57. The van der Waals surface area contributed by atoms with Gasteiger partial charge in [0.15, 0.2) is 11.5 Å². The maximum atomic E-state index is 12.7. The molecular weight excluding hydrogens is 444 g/mol. The molecule has 0 aliphatic heterocycles. The van der Waals surface area contributed by atoms with E-state index in [1.807, 2.05) is 26.0 Å². The van der Waals surface area contributed by atoms with Gasteiger partial charge in [-0.1, -0.05) is 26.0 Å². The first-order chi connectivity index (χ1) is 15.7. The second kappa shape index (κ2) is 11.9. The number of methoxy groups -OCH3 is 3. The molecule has 0 fully saturated rings. The van der Waals surface area contributed by atoms with Gasteiger partial charge in [-0.3, -0.25) is 4.79 Å². The third kappa shape index (κ3) is 6.39. The van der Waals surface area contributed by atoms with Crippen molar-refractivity contribution in [2.75, 3.05) is 41.5 Å². The van der Waals surface area contributed by atoms with Crippen molar-refractivity contribution in [3.05, 3.63) is 47.5 Å². The van der Waals surface area contributed by atoms with Crippen molar-refractivity contribution in [2.45, 2.75) is 38.1 Å². The third-order valence-electron chi connectivity index (χ3n) is 5.46. The number of ether oxygens (including phenoxy) is 3. The molecule has 0 atom stereocenters. The zero-order valence-electron chi connectivity index (χ0n) is 20.3. The summed E-state index contributed by atoms with van der Waals surface area (Å²) in [6, 6.07) is 10.4. The molecule has 0 radical (unpaired) electrons. The molecule has 1 amide bonds. The van der Waals surface area contributed by atoms with Gasteiger partial charge in [0.25, 0.3) is 0 Å². The van der Waals surface area contributed by atoms with Gasteiger partial charge in [0.2, 0.25) is 21.7 Å². The van der Waals surface area contributed by atoms with Gasteiger partial charge < -0.3 is 19.1 Å². The van der Waals surface area contributed by atoms with Crippen molar-refractivity contribution in [3.8, 4) is 17.2 Å². The van der Waals surface area contributed by atoms with Crippen molar-refractivity contribution in [2.24, 2.45) is 0 Å². The molecule has 0 aliphatic rings. The predicted molar refractivity (Wildman–Crippen MR) is 127 cm³/mol. The highest BCUT2D eigenvalue weighted by molar-refractivity contribution is 7.89. The molecule has 0 heterocycles. The Morgan fingerprint density at radius 3 is 1.88 bits per heavy atom. The van der Waals surface area contributed by atoms with Crippen LogP contribution in [-0.4, -0.2) is 65.0 Å². The summed E-state index contributed by atoms with van der Waals surface area (Å²) >= 11 is 0. The Bertz CT molecular complexity index is 1010. The summed E-state index contributed by atoms with van der Waals surface area (Å²) in [5, 5.41) is 0. The molecule has 0 spiro atoms. The van der Waals surface area contributed by atoms with Gasteiger partial charge in [0, 0.05) is 33.1 Å². The molecule has 0 bridgehead atoms. The number of hydrogen-bond donors (Lipinski definition) is 0. The molecule has 8 nitrogen and oxygen atoms in total. The molecule has 182 valence electrons. The summed E-state index contributed by atoms with van der Waals surface area (Å²) < 4.78 is 42.7. The lowest BCUT2D eigenvalue weighted by Crippen LogP contribution is -2.30. The number of sulfonamides is 1. The first-order valence-electron chi connectivity index (χ1n) is 10.8. The molecule has 0 saturated heterocycles. The van der Waals surface area contributed by atoms with Gasteiger partial charge in [0.1, 0.15) is 0 Å². The van der Waals surface area contributed by atoms with Gasteiger partial charge >= 0.3 is 0 Å². The van der Waals surface area contributed by atoms with E-state index in [1.54, 1.807) is 57.5 Å². The lowest BCUT2D eigenvalue weighted by atomic mass is 10.1. The summed E-state index contributed by atoms with van der Waals surface area (Å²) in [5.41, 5.74) is 1.76. The first kappa shape index (κ1) is 26.5. The van der Waals surface area contributed by atoms with Gasteiger partial charge in [-0.25, -0.2) is 8.42 Å². The van der Waals surface area contributed by atoms with Crippen LogP contribution in [0.15, 0.2) is 41.3 Å². The number of rotatable bonds is 12. The third-order valence-corrected chi connectivity index (χ3v) is 7.53. The summed E-state index contributed by atoms with van der Waals surface area (Å²) in [7, 11) is 2.90. The van der Waals surface area contributed by atoms with Crippen LogP contribution in [0.4, 0.5) is 0 Å². The minimum atomic E-state index is -3.49. The number of nitrogens with zero attached hydrogens (tertiary/aromatic N) is 2. The second-order valence-electron chi connectivity index (χ2n) is 7.52. The van der Waals surface area contributed by atoms with E-state index in [2.05, 4.69) is 0 Å². The van der Waals surface area contributed by atoms with Crippen LogP contribution in [0.1, 0.15) is 31.4 Å². The first-order valence-corrected chi connectivity index (χ1v) is 12.3. The van der Waals surface area contributed by atoms with Crippen LogP contribution in [0.5, 0.6) is 17.2 Å². The topological polar surface area (TPSA) is 85.4 Å². The van der Waals surface area contributed by atoms with Crippen LogP contribution in [0.3, 0.4) is 0 Å². The highest BCUT2D eigenvalue weighted by Gasteiger charge is 2.21. The molecule has 33 heavy (non-hydrogen) atoms. The van der Waals surface area contributed by atoms with E-state index in [0.717, 1.165) is 11.1 Å². The van der Waals surface area contributed by atoms with Crippen LogP contribution in [0.25, 0.3) is 0 Å². The van der Waals surface area contributed by atoms with Crippen molar-refractivity contribution < 1.29 is 27.4 Å². The summed E-state index contributed by atoms with van der Waals surface area (Å²) in [4.78, 5) is 14.6. The second-order valence-corrected chi connectivity index (χ2v) is 9.45. The molecular formula is C24H34N2O6S. The van der Waals surface area contributed by atoms with E-state index in [4.69, 9.17) is 14.2 Å². The molecule has 0 aliphatic carbocycles. The summed E-state index contributed by atoms with van der Waals surface area (Å²) in [6.07, 6.45) is 0.826. The van der Waals surface area contributed by atoms with Crippen molar-refractivity contribution in [1.29, 1.82) is 0 Å². The van der Waals surface area contributed by atoms with Crippen molar-refractivity contribution in [1.82, 2.24) is 9.21 Å². The van der Waals surface area contributed by atoms with E-state index in [-0.39, 0.29) is 10.8 Å². The highest BCUT2D eigenvalue weighted by atomic mass is 32.2. The van der Waals surface area contributed by atoms with E-state index < -0.39 is 10.0 Å². The number of hydrogen-bond acceptors (Lipinski definition) is 6. The molecule has 9 heteroatoms. The fourth-order valence-corrected chi connectivity index (χ4v) is 5.03. The van der Waals surface area contributed by atoms with E-state index in [0.29, 0.717) is 49.7 Å². The quantitative estimate of drug-likeness (QED) is 0.465. The number of carbonyl (C=O) groups is 1. The standard InChI is InChI=1S/C24H34N2O6S/c1-7-26(8-2)33(28,29)20-12-9-18(10-13-20)11-14-23(27)25(3)17-19-15-21(30-4)24(32-6)22(16-19)31-5/h9-10,12-13,15-16H,7-8,11,14,17H2,1-6H3.